The first-order valence-corrected chi connectivity index (χ1v) is 4.91. The third-order valence-electron chi connectivity index (χ3n) is 1.65. The lowest BCUT2D eigenvalue weighted by molar-refractivity contribution is -0.173. The van der Waals surface area contributed by atoms with Crippen molar-refractivity contribution in [1.82, 2.24) is 5.32 Å². The molecule has 0 unspecified atom stereocenters. The van der Waals surface area contributed by atoms with E-state index in [-0.39, 0.29) is 6.61 Å². The normalized spacial score (nSPS) is 12.0. The van der Waals surface area contributed by atoms with Crippen LogP contribution in [-0.4, -0.2) is 32.5 Å². The van der Waals surface area contributed by atoms with Crippen molar-refractivity contribution in [3.63, 3.8) is 0 Å². The Hall–Kier alpha value is -0.290. The molecule has 0 aromatic heterocycles. The molecule has 0 fully saturated rings. The number of alkyl halides is 3. The second kappa shape index (κ2) is 8.05. The largest absolute Gasteiger partial charge is 0.411 e. The van der Waals surface area contributed by atoms with Gasteiger partial charge in [-0.15, -0.1) is 0 Å². The van der Waals surface area contributed by atoms with Crippen LogP contribution in [-0.2, 0) is 4.74 Å². The smallest absolute Gasteiger partial charge is 0.371 e. The van der Waals surface area contributed by atoms with Crippen molar-refractivity contribution in [2.75, 3.05) is 26.3 Å². The van der Waals surface area contributed by atoms with Gasteiger partial charge in [-0.05, 0) is 13.0 Å². The molecule has 0 saturated heterocycles. The molecule has 0 aliphatic rings. The Morgan fingerprint density at radius 3 is 2.43 bits per heavy atom. The van der Waals surface area contributed by atoms with Crippen LogP contribution in [0.5, 0.6) is 0 Å². The van der Waals surface area contributed by atoms with Crippen LogP contribution in [0.3, 0.4) is 0 Å². The van der Waals surface area contributed by atoms with Gasteiger partial charge in [-0.1, -0.05) is 19.8 Å². The average molecular weight is 213 g/mol. The second-order valence-electron chi connectivity index (χ2n) is 3.12. The molecule has 1 N–H and O–H groups in total. The van der Waals surface area contributed by atoms with E-state index in [1.807, 2.05) is 0 Å². The molecule has 0 radical (unpaired) electrons. The maximum Gasteiger partial charge on any atom is 0.411 e. The number of hydrogen-bond acceptors (Lipinski definition) is 2. The molecule has 0 saturated carbocycles. The Morgan fingerprint density at radius 1 is 1.14 bits per heavy atom. The van der Waals surface area contributed by atoms with Crippen LogP contribution in [0.1, 0.15) is 26.2 Å². The molecule has 5 heteroatoms. The van der Waals surface area contributed by atoms with Crippen LogP contribution in [0.2, 0.25) is 0 Å². The summed E-state index contributed by atoms with van der Waals surface area (Å²) < 4.78 is 39.2. The van der Waals surface area contributed by atoms with E-state index in [2.05, 4.69) is 17.0 Å². The van der Waals surface area contributed by atoms with Crippen LogP contribution >= 0.6 is 0 Å². The molecule has 0 aromatic rings. The van der Waals surface area contributed by atoms with E-state index in [0.717, 1.165) is 25.8 Å². The van der Waals surface area contributed by atoms with E-state index >= 15 is 0 Å². The number of unbranched alkanes of at least 4 members (excludes halogenated alkanes) is 2. The first-order chi connectivity index (χ1) is 6.56. The molecule has 2 nitrogen and oxygen atoms in total. The third-order valence-corrected chi connectivity index (χ3v) is 1.65. The van der Waals surface area contributed by atoms with Crippen molar-refractivity contribution in [1.29, 1.82) is 0 Å². The minimum atomic E-state index is -4.21. The average Bonchev–Trinajstić information content (AvgIpc) is 2.08. The Kier molecular flexibility index (Phi) is 7.89. The highest BCUT2D eigenvalue weighted by atomic mass is 19.4. The van der Waals surface area contributed by atoms with E-state index in [9.17, 15) is 13.2 Å². The second-order valence-corrected chi connectivity index (χ2v) is 3.12. The number of halogens is 3. The zero-order valence-corrected chi connectivity index (χ0v) is 8.49. The molecule has 0 amide bonds. The van der Waals surface area contributed by atoms with E-state index in [4.69, 9.17) is 0 Å². The first-order valence-electron chi connectivity index (χ1n) is 4.91. The van der Waals surface area contributed by atoms with Crippen LogP contribution in [0.4, 0.5) is 13.2 Å². The molecule has 14 heavy (non-hydrogen) atoms. The van der Waals surface area contributed by atoms with Gasteiger partial charge in [-0.3, -0.25) is 0 Å². The molecule has 0 bridgehead atoms. The standard InChI is InChI=1S/C9H18F3NO/c1-2-3-4-5-13-6-7-14-8-9(10,11)12/h13H,2-8H2,1H3. The summed E-state index contributed by atoms with van der Waals surface area (Å²) in [7, 11) is 0. The van der Waals surface area contributed by atoms with Crippen molar-refractivity contribution in [2.24, 2.45) is 0 Å². The number of rotatable bonds is 8. The summed E-state index contributed by atoms with van der Waals surface area (Å²) in [6, 6.07) is 0. The fourth-order valence-corrected chi connectivity index (χ4v) is 0.957. The first kappa shape index (κ1) is 13.7. The van der Waals surface area contributed by atoms with E-state index in [1.165, 1.54) is 0 Å². The Balaban J connectivity index is 2.99. The van der Waals surface area contributed by atoms with Crippen LogP contribution in [0.25, 0.3) is 0 Å². The topological polar surface area (TPSA) is 21.3 Å². The molecule has 0 atom stereocenters. The van der Waals surface area contributed by atoms with Crippen molar-refractivity contribution in [2.45, 2.75) is 32.4 Å². The molecule has 0 rings (SSSR count). The highest BCUT2D eigenvalue weighted by Gasteiger charge is 2.26. The Morgan fingerprint density at radius 2 is 1.86 bits per heavy atom. The van der Waals surface area contributed by atoms with Gasteiger partial charge in [0.05, 0.1) is 6.61 Å². The maximum absolute atomic E-state index is 11.6. The molecular weight excluding hydrogens is 195 g/mol. The van der Waals surface area contributed by atoms with Gasteiger partial charge in [-0.2, -0.15) is 13.2 Å². The van der Waals surface area contributed by atoms with Crippen molar-refractivity contribution in [3.8, 4) is 0 Å². The number of hydrogen-bond donors (Lipinski definition) is 1. The van der Waals surface area contributed by atoms with Gasteiger partial charge in [0.15, 0.2) is 0 Å². The SMILES string of the molecule is CCCCCNCCOCC(F)(F)F. The van der Waals surface area contributed by atoms with E-state index in [1.54, 1.807) is 0 Å². The van der Waals surface area contributed by atoms with Gasteiger partial charge in [0.25, 0.3) is 0 Å². The molecule has 86 valence electrons. The number of nitrogens with one attached hydrogen (secondary N) is 1. The third kappa shape index (κ3) is 11.7. The molecule has 0 spiro atoms. The lowest BCUT2D eigenvalue weighted by Gasteiger charge is -2.08. The van der Waals surface area contributed by atoms with Gasteiger partial charge in [-0.25, -0.2) is 0 Å². The van der Waals surface area contributed by atoms with Gasteiger partial charge >= 0.3 is 6.18 Å². The van der Waals surface area contributed by atoms with Gasteiger partial charge in [0, 0.05) is 6.54 Å². The van der Waals surface area contributed by atoms with E-state index < -0.39 is 12.8 Å². The monoisotopic (exact) mass is 213 g/mol. The summed E-state index contributed by atoms with van der Waals surface area (Å²) in [4.78, 5) is 0. The van der Waals surface area contributed by atoms with Gasteiger partial charge in [0.1, 0.15) is 6.61 Å². The Labute approximate surface area is 82.8 Å². The van der Waals surface area contributed by atoms with Crippen molar-refractivity contribution >= 4 is 0 Å². The van der Waals surface area contributed by atoms with Crippen LogP contribution < -0.4 is 5.32 Å². The van der Waals surface area contributed by atoms with Crippen molar-refractivity contribution in [3.05, 3.63) is 0 Å². The fourth-order valence-electron chi connectivity index (χ4n) is 0.957. The summed E-state index contributed by atoms with van der Waals surface area (Å²) >= 11 is 0. The number of ether oxygens (including phenoxy) is 1. The summed E-state index contributed by atoms with van der Waals surface area (Å²) in [5.74, 6) is 0. The van der Waals surface area contributed by atoms with Crippen LogP contribution in [0.15, 0.2) is 0 Å². The molecular formula is C9H18F3NO. The molecule has 0 aromatic carbocycles. The molecule has 0 heterocycles. The fraction of sp³-hybridized carbons (Fsp3) is 1.00. The minimum absolute atomic E-state index is 0.117. The predicted octanol–water partition coefficient (Wildman–Crippen LogP) is 2.35. The zero-order chi connectivity index (χ0) is 10.9. The molecule has 0 aliphatic carbocycles. The summed E-state index contributed by atoms with van der Waals surface area (Å²) in [6.07, 6.45) is -0.847. The van der Waals surface area contributed by atoms with Gasteiger partial charge < -0.3 is 10.1 Å². The van der Waals surface area contributed by atoms with Crippen LogP contribution in [0, 0.1) is 0 Å². The lowest BCUT2D eigenvalue weighted by Crippen LogP contribution is -2.24. The highest BCUT2D eigenvalue weighted by Crippen LogP contribution is 2.13. The summed E-state index contributed by atoms with van der Waals surface area (Å²) in [6.45, 7) is 2.41. The van der Waals surface area contributed by atoms with E-state index in [0.29, 0.717) is 6.54 Å². The Bertz CT molecular complexity index is 128. The van der Waals surface area contributed by atoms with Crippen molar-refractivity contribution < 1.29 is 17.9 Å². The lowest BCUT2D eigenvalue weighted by atomic mass is 10.2. The summed E-state index contributed by atoms with van der Waals surface area (Å²) in [5.41, 5.74) is 0. The van der Waals surface area contributed by atoms with Gasteiger partial charge in [0.2, 0.25) is 0 Å². The minimum Gasteiger partial charge on any atom is -0.371 e. The highest BCUT2D eigenvalue weighted by molar-refractivity contribution is 4.49. The quantitative estimate of drug-likeness (QED) is 0.625. The summed E-state index contributed by atoms with van der Waals surface area (Å²) in [5, 5.41) is 3.01. The predicted molar refractivity (Wildman–Crippen MR) is 49.3 cm³/mol. The zero-order valence-electron chi connectivity index (χ0n) is 8.49. The maximum atomic E-state index is 11.6. The molecule has 0 aliphatic heterocycles.